The molecule has 0 aliphatic heterocycles. The van der Waals surface area contributed by atoms with Crippen LogP contribution in [0.2, 0.25) is 0 Å². The summed E-state index contributed by atoms with van der Waals surface area (Å²) in [5.41, 5.74) is 0.926. The largest absolute Gasteiger partial charge is 0.494 e. The van der Waals surface area contributed by atoms with Gasteiger partial charge in [0.25, 0.3) is 0 Å². The fourth-order valence-electron chi connectivity index (χ4n) is 2.30. The normalized spacial score (nSPS) is 12.0. The minimum atomic E-state index is -0.0413. The van der Waals surface area contributed by atoms with Gasteiger partial charge in [-0.05, 0) is 38.1 Å². The fraction of sp³-hybridized carbons (Fsp3) is 0.444. The van der Waals surface area contributed by atoms with Crippen molar-refractivity contribution in [1.29, 1.82) is 0 Å². The number of ether oxygens (including phenoxy) is 2. The van der Waals surface area contributed by atoms with E-state index in [0.29, 0.717) is 37.7 Å². The molecule has 1 atom stereocenters. The molecule has 0 saturated heterocycles. The summed E-state index contributed by atoms with van der Waals surface area (Å²) in [6.45, 7) is 4.98. The number of hydrogen-bond donors (Lipinski definition) is 1. The molecule has 0 aliphatic rings. The maximum absolute atomic E-state index is 11.8. The van der Waals surface area contributed by atoms with Crippen LogP contribution in [-0.2, 0) is 16.0 Å². The van der Waals surface area contributed by atoms with Crippen molar-refractivity contribution in [1.82, 2.24) is 10.3 Å². The Morgan fingerprint density at radius 1 is 1.33 bits per heavy atom. The van der Waals surface area contributed by atoms with Gasteiger partial charge >= 0.3 is 0 Å². The lowest BCUT2D eigenvalue weighted by Crippen LogP contribution is -2.35. The number of methoxy groups -OCH3 is 1. The van der Waals surface area contributed by atoms with Gasteiger partial charge in [0.15, 0.2) is 11.7 Å². The number of aromatic nitrogens is 1. The van der Waals surface area contributed by atoms with Crippen LogP contribution in [-0.4, -0.2) is 37.3 Å². The summed E-state index contributed by atoms with van der Waals surface area (Å²) >= 11 is 0. The van der Waals surface area contributed by atoms with E-state index in [0.717, 1.165) is 11.3 Å². The first-order valence-electron chi connectivity index (χ1n) is 8.08. The number of nitrogens with one attached hydrogen (secondary N) is 1. The summed E-state index contributed by atoms with van der Waals surface area (Å²) in [6.07, 6.45) is 2.47. The van der Waals surface area contributed by atoms with Crippen molar-refractivity contribution in [3.63, 3.8) is 0 Å². The zero-order valence-corrected chi connectivity index (χ0v) is 14.4. The van der Waals surface area contributed by atoms with E-state index in [1.54, 1.807) is 13.3 Å². The molecule has 0 aliphatic carbocycles. The van der Waals surface area contributed by atoms with Gasteiger partial charge in [-0.2, -0.15) is 0 Å². The third-order valence-electron chi connectivity index (χ3n) is 3.39. The molecule has 1 N–H and O–H groups in total. The van der Waals surface area contributed by atoms with E-state index >= 15 is 0 Å². The van der Waals surface area contributed by atoms with Crippen molar-refractivity contribution in [2.45, 2.75) is 32.7 Å². The SMILES string of the molecule is CCOc1ccc(-c2cnc(CCC(=O)N[C@H](C)COC)o2)cc1. The van der Waals surface area contributed by atoms with Crippen LogP contribution in [0.25, 0.3) is 11.3 Å². The van der Waals surface area contributed by atoms with Crippen LogP contribution in [0.4, 0.5) is 0 Å². The van der Waals surface area contributed by atoms with E-state index in [1.165, 1.54) is 0 Å². The molecule has 0 fully saturated rings. The molecule has 0 unspecified atom stereocenters. The van der Waals surface area contributed by atoms with E-state index in [1.807, 2.05) is 38.1 Å². The number of carbonyl (C=O) groups excluding carboxylic acids is 1. The molecule has 0 saturated carbocycles. The summed E-state index contributed by atoms with van der Waals surface area (Å²) in [7, 11) is 1.61. The maximum Gasteiger partial charge on any atom is 0.220 e. The molecule has 0 radical (unpaired) electrons. The second-order valence-corrected chi connectivity index (χ2v) is 5.50. The lowest BCUT2D eigenvalue weighted by atomic mass is 10.2. The number of benzene rings is 1. The predicted octanol–water partition coefficient (Wildman–Crippen LogP) is 2.82. The Bertz CT molecular complexity index is 637. The first-order valence-corrected chi connectivity index (χ1v) is 8.08. The van der Waals surface area contributed by atoms with E-state index in [2.05, 4.69) is 10.3 Å². The van der Waals surface area contributed by atoms with Gasteiger partial charge in [0, 0.05) is 31.6 Å². The van der Waals surface area contributed by atoms with Crippen molar-refractivity contribution in [2.75, 3.05) is 20.3 Å². The third kappa shape index (κ3) is 5.38. The van der Waals surface area contributed by atoms with Crippen molar-refractivity contribution in [2.24, 2.45) is 0 Å². The molecular formula is C18H24N2O4. The van der Waals surface area contributed by atoms with Crippen LogP contribution in [0.1, 0.15) is 26.2 Å². The summed E-state index contributed by atoms with van der Waals surface area (Å²) in [5.74, 6) is 2.01. The van der Waals surface area contributed by atoms with E-state index < -0.39 is 0 Å². The molecule has 0 bridgehead atoms. The zero-order valence-electron chi connectivity index (χ0n) is 14.4. The van der Waals surface area contributed by atoms with Crippen molar-refractivity contribution in [3.05, 3.63) is 36.4 Å². The number of oxazole rings is 1. The summed E-state index contributed by atoms with van der Waals surface area (Å²) in [5, 5.41) is 2.86. The highest BCUT2D eigenvalue weighted by molar-refractivity contribution is 5.76. The molecule has 1 heterocycles. The lowest BCUT2D eigenvalue weighted by molar-refractivity contribution is -0.122. The quantitative estimate of drug-likeness (QED) is 0.764. The second kappa shape index (κ2) is 9.08. The number of nitrogens with zero attached hydrogens (tertiary/aromatic N) is 1. The van der Waals surface area contributed by atoms with Crippen molar-refractivity contribution < 1.29 is 18.7 Å². The second-order valence-electron chi connectivity index (χ2n) is 5.50. The van der Waals surface area contributed by atoms with Gasteiger partial charge in [0.2, 0.25) is 5.91 Å². The van der Waals surface area contributed by atoms with Crippen LogP contribution in [0.3, 0.4) is 0 Å². The van der Waals surface area contributed by atoms with Gasteiger partial charge in [0.05, 0.1) is 19.4 Å². The Kier molecular flexibility index (Phi) is 6.81. The molecule has 1 aromatic carbocycles. The molecule has 1 amide bonds. The molecule has 2 rings (SSSR count). The highest BCUT2D eigenvalue weighted by Gasteiger charge is 2.11. The molecule has 2 aromatic rings. The predicted molar refractivity (Wildman–Crippen MR) is 90.9 cm³/mol. The Balaban J connectivity index is 1.87. The summed E-state index contributed by atoms with van der Waals surface area (Å²) < 4.78 is 16.1. The van der Waals surface area contributed by atoms with Gasteiger partial charge in [0.1, 0.15) is 5.75 Å². The molecular weight excluding hydrogens is 308 g/mol. The lowest BCUT2D eigenvalue weighted by Gasteiger charge is -2.11. The van der Waals surface area contributed by atoms with Crippen LogP contribution in [0.5, 0.6) is 5.75 Å². The number of amides is 1. The number of hydrogen-bond acceptors (Lipinski definition) is 5. The molecule has 130 valence electrons. The topological polar surface area (TPSA) is 73.6 Å². The highest BCUT2D eigenvalue weighted by atomic mass is 16.5. The minimum absolute atomic E-state index is 0.00789. The first-order chi connectivity index (χ1) is 11.6. The van der Waals surface area contributed by atoms with Gasteiger partial charge in [-0.25, -0.2) is 4.98 Å². The summed E-state index contributed by atoms with van der Waals surface area (Å²) in [4.78, 5) is 16.1. The van der Waals surface area contributed by atoms with Gasteiger partial charge in [-0.3, -0.25) is 4.79 Å². The maximum atomic E-state index is 11.8. The van der Waals surface area contributed by atoms with E-state index in [-0.39, 0.29) is 11.9 Å². The van der Waals surface area contributed by atoms with E-state index in [4.69, 9.17) is 13.9 Å². The van der Waals surface area contributed by atoms with E-state index in [9.17, 15) is 4.79 Å². The average Bonchev–Trinajstić information content (AvgIpc) is 3.03. The Morgan fingerprint density at radius 2 is 2.08 bits per heavy atom. The Morgan fingerprint density at radius 3 is 2.75 bits per heavy atom. The highest BCUT2D eigenvalue weighted by Crippen LogP contribution is 2.23. The molecule has 6 heteroatoms. The van der Waals surface area contributed by atoms with Crippen LogP contribution >= 0.6 is 0 Å². The smallest absolute Gasteiger partial charge is 0.220 e. The molecule has 6 nitrogen and oxygen atoms in total. The first kappa shape index (κ1) is 18.0. The number of carbonyl (C=O) groups is 1. The molecule has 1 aromatic heterocycles. The fourth-order valence-corrected chi connectivity index (χ4v) is 2.30. The number of rotatable bonds is 9. The molecule has 24 heavy (non-hydrogen) atoms. The van der Waals surface area contributed by atoms with Gasteiger partial charge < -0.3 is 19.2 Å². The zero-order chi connectivity index (χ0) is 17.4. The van der Waals surface area contributed by atoms with Crippen molar-refractivity contribution >= 4 is 5.91 Å². The molecule has 0 spiro atoms. The Hall–Kier alpha value is -2.34. The number of aryl methyl sites for hydroxylation is 1. The monoisotopic (exact) mass is 332 g/mol. The van der Waals surface area contributed by atoms with Crippen LogP contribution in [0, 0.1) is 0 Å². The average molecular weight is 332 g/mol. The third-order valence-corrected chi connectivity index (χ3v) is 3.39. The van der Waals surface area contributed by atoms with Gasteiger partial charge in [-0.15, -0.1) is 0 Å². The Labute approximate surface area is 142 Å². The van der Waals surface area contributed by atoms with Gasteiger partial charge in [-0.1, -0.05) is 0 Å². The van der Waals surface area contributed by atoms with Crippen LogP contribution in [0.15, 0.2) is 34.9 Å². The van der Waals surface area contributed by atoms with Crippen molar-refractivity contribution in [3.8, 4) is 17.1 Å². The summed E-state index contributed by atoms with van der Waals surface area (Å²) in [6, 6.07) is 7.63. The van der Waals surface area contributed by atoms with Crippen LogP contribution < -0.4 is 10.1 Å². The standard InChI is InChI=1S/C18H24N2O4/c1-4-23-15-7-5-14(6-8-15)16-11-19-18(24-16)10-9-17(21)20-13(2)12-22-3/h5-8,11,13H,4,9-10,12H2,1-3H3,(H,20,21)/t13-/m1/s1. The minimum Gasteiger partial charge on any atom is -0.494 e.